The van der Waals surface area contributed by atoms with E-state index in [-0.39, 0.29) is 5.92 Å². The number of rotatable bonds is 4. The van der Waals surface area contributed by atoms with Crippen LogP contribution in [0.1, 0.15) is 41.0 Å². The number of thiophene rings is 2. The monoisotopic (exact) mass is 904 g/mol. The van der Waals surface area contributed by atoms with Crippen molar-refractivity contribution in [2.75, 3.05) is 0 Å². The quantitative estimate of drug-likeness (QED) is 0.159. The van der Waals surface area contributed by atoms with E-state index in [1.54, 1.807) is 0 Å². The molecule has 0 nitrogen and oxygen atoms in total. The van der Waals surface area contributed by atoms with E-state index in [1.165, 1.54) is 144 Å². The average molecular weight is 905 g/mol. The molecular weight excluding hydrogens is 865 g/mol. The lowest BCUT2D eigenvalue weighted by Crippen LogP contribution is -2.09. The van der Waals surface area contributed by atoms with Crippen LogP contribution in [0.5, 0.6) is 0 Å². The molecule has 3 aliphatic rings. The zero-order valence-corrected chi connectivity index (χ0v) is 38.9. The van der Waals surface area contributed by atoms with Gasteiger partial charge in [-0.3, -0.25) is 0 Å². The highest BCUT2D eigenvalue weighted by atomic mass is 32.2. The van der Waals surface area contributed by atoms with Gasteiger partial charge in [-0.25, -0.2) is 0 Å². The Morgan fingerprint density at radius 2 is 0.940 bits per heavy atom. The highest BCUT2D eigenvalue weighted by molar-refractivity contribution is 8.03. The molecule has 0 radical (unpaired) electrons. The van der Waals surface area contributed by atoms with Gasteiger partial charge in [0.15, 0.2) is 0 Å². The van der Waals surface area contributed by atoms with Crippen LogP contribution in [0.4, 0.5) is 0 Å². The Bertz CT molecular complexity index is 4170. The molecule has 0 amide bonds. The molecule has 2 aromatic heterocycles. The summed E-state index contributed by atoms with van der Waals surface area (Å²) in [6, 6.07) is 66.7. The number of hydrogen-bond acceptors (Lipinski definition) is 3. The topological polar surface area (TPSA) is 0 Å². The molecule has 10 aromatic carbocycles. The van der Waals surface area contributed by atoms with Gasteiger partial charge in [0.25, 0.3) is 0 Å². The fourth-order valence-electron chi connectivity index (χ4n) is 12.1. The van der Waals surface area contributed by atoms with E-state index >= 15 is 0 Å². The smallest absolute Gasteiger partial charge is 0.0355 e. The third kappa shape index (κ3) is 5.66. The minimum Gasteiger partial charge on any atom is -0.135 e. The van der Waals surface area contributed by atoms with Crippen molar-refractivity contribution in [2.24, 2.45) is 0 Å². The lowest BCUT2D eigenvalue weighted by Gasteiger charge is -2.28. The van der Waals surface area contributed by atoms with E-state index in [1.807, 2.05) is 34.4 Å². The normalized spacial score (nSPS) is 15.5. The number of allylic oxidation sites excluding steroid dienone is 5. The first-order valence-electron chi connectivity index (χ1n) is 23.5. The van der Waals surface area contributed by atoms with Gasteiger partial charge in [0.05, 0.1) is 0 Å². The summed E-state index contributed by atoms with van der Waals surface area (Å²) in [7, 11) is 0. The van der Waals surface area contributed by atoms with E-state index in [0.717, 1.165) is 19.3 Å². The van der Waals surface area contributed by atoms with Gasteiger partial charge in [-0.15, -0.1) is 22.7 Å². The molecule has 0 fully saturated rings. The molecular formula is C64H40S3. The molecule has 314 valence electrons. The van der Waals surface area contributed by atoms with Crippen LogP contribution in [0.15, 0.2) is 204 Å². The van der Waals surface area contributed by atoms with Crippen LogP contribution >= 0.6 is 34.4 Å². The van der Waals surface area contributed by atoms with Crippen LogP contribution in [-0.4, -0.2) is 0 Å². The molecule has 0 N–H and O–H groups in total. The van der Waals surface area contributed by atoms with E-state index < -0.39 is 0 Å². The average Bonchev–Trinajstić information content (AvgIpc) is 4.08. The van der Waals surface area contributed by atoms with Crippen molar-refractivity contribution >= 4 is 119 Å². The molecule has 12 aromatic rings. The predicted octanol–water partition coefficient (Wildman–Crippen LogP) is 19.4. The van der Waals surface area contributed by atoms with Gasteiger partial charge in [-0.1, -0.05) is 170 Å². The van der Waals surface area contributed by atoms with Crippen molar-refractivity contribution < 1.29 is 0 Å². The molecule has 1 unspecified atom stereocenters. The van der Waals surface area contributed by atoms with E-state index in [2.05, 4.69) is 200 Å². The molecule has 0 saturated heterocycles. The van der Waals surface area contributed by atoms with Crippen molar-refractivity contribution in [1.82, 2.24) is 0 Å². The molecule has 3 heteroatoms. The Morgan fingerprint density at radius 1 is 0.418 bits per heavy atom. The highest BCUT2D eigenvalue weighted by Gasteiger charge is 2.36. The lowest BCUT2D eigenvalue weighted by molar-refractivity contribution is 0.851. The Kier molecular flexibility index (Phi) is 8.39. The van der Waals surface area contributed by atoms with Gasteiger partial charge < -0.3 is 0 Å². The third-order valence-electron chi connectivity index (χ3n) is 14.9. The molecule has 1 atom stereocenters. The summed E-state index contributed by atoms with van der Waals surface area (Å²) in [5.41, 5.74) is 15.2. The van der Waals surface area contributed by atoms with Gasteiger partial charge in [-0.2, -0.15) is 0 Å². The van der Waals surface area contributed by atoms with Crippen molar-refractivity contribution in [1.29, 1.82) is 0 Å². The SMILES string of the molecule is C1=Cc2c(c(C3=CC=C4Sc5cccc(-c6c7ccccc7c(-c7ccc8sc9ccccc9c8c7)c7ccccc67)c5C4C3)c3ccccc3c2-c2ccc3sc4ccccc4c3c2)CC1. The molecule has 1 aliphatic heterocycles. The Labute approximate surface area is 400 Å². The standard InChI is InChI=1S/C64H40S3/c1-3-18-44-42(16-1)60(37-28-31-56-51(34-37)40-14-9-11-25-54(40)65-56)43-17-2-4-19-45(43)62(44)39-30-33-58-53(36-39)64-50(24-13-27-59(64)67-58)63-48-22-7-5-20-46(48)61(47-21-6-8-23-49(47)63)38-29-32-57-52(35-38)41-15-10-12-26-55(41)66-57/h1-3,5-18,20-35,53H,4,19,36H2. The third-order valence-corrected chi connectivity index (χ3v) is 18.5. The number of fused-ring (bicyclic) bond motifs is 13. The second kappa shape index (κ2) is 14.7. The number of thioether (sulfide) groups is 1. The maximum atomic E-state index is 2.47. The van der Waals surface area contributed by atoms with Crippen LogP contribution in [0, 0.1) is 0 Å². The fourth-order valence-corrected chi connectivity index (χ4v) is 15.5. The molecule has 2 aliphatic carbocycles. The minimum absolute atomic E-state index is 0.269. The van der Waals surface area contributed by atoms with Gasteiger partial charge in [-0.05, 0) is 160 Å². The summed E-state index contributed by atoms with van der Waals surface area (Å²) in [5.74, 6) is 0.269. The highest BCUT2D eigenvalue weighted by Crippen LogP contribution is 2.59. The largest absolute Gasteiger partial charge is 0.135 e. The summed E-state index contributed by atoms with van der Waals surface area (Å²) < 4.78 is 5.37. The van der Waals surface area contributed by atoms with E-state index in [9.17, 15) is 0 Å². The predicted molar refractivity (Wildman–Crippen MR) is 294 cm³/mol. The zero-order chi connectivity index (χ0) is 43.7. The van der Waals surface area contributed by atoms with Crippen LogP contribution in [-0.2, 0) is 6.42 Å². The van der Waals surface area contributed by atoms with Gasteiger partial charge >= 0.3 is 0 Å². The number of benzene rings is 10. The molecule has 3 heterocycles. The maximum Gasteiger partial charge on any atom is 0.0355 e. The second-order valence-corrected chi connectivity index (χ2v) is 21.7. The van der Waals surface area contributed by atoms with E-state index in [0.29, 0.717) is 0 Å². The van der Waals surface area contributed by atoms with E-state index in [4.69, 9.17) is 0 Å². The Hall–Kier alpha value is -7.01. The van der Waals surface area contributed by atoms with Crippen molar-refractivity contribution in [3.05, 3.63) is 221 Å². The molecule has 15 rings (SSSR count). The van der Waals surface area contributed by atoms with Crippen LogP contribution in [0.3, 0.4) is 0 Å². The van der Waals surface area contributed by atoms with Crippen molar-refractivity contribution in [3.8, 4) is 33.4 Å². The molecule has 67 heavy (non-hydrogen) atoms. The summed E-state index contributed by atoms with van der Waals surface area (Å²) in [4.78, 5) is 2.84. The molecule has 0 saturated carbocycles. The van der Waals surface area contributed by atoms with Gasteiger partial charge in [0.2, 0.25) is 0 Å². The number of hydrogen-bond donors (Lipinski definition) is 0. The van der Waals surface area contributed by atoms with Crippen molar-refractivity contribution in [2.45, 2.75) is 30.1 Å². The lowest BCUT2D eigenvalue weighted by atomic mass is 9.75. The first-order chi connectivity index (χ1) is 33.2. The second-order valence-electron chi connectivity index (χ2n) is 18.4. The summed E-state index contributed by atoms with van der Waals surface area (Å²) in [6.07, 6.45) is 12.8. The maximum absolute atomic E-state index is 2.47. The molecule has 0 spiro atoms. The van der Waals surface area contributed by atoms with Crippen LogP contribution in [0.2, 0.25) is 0 Å². The summed E-state index contributed by atoms with van der Waals surface area (Å²) in [6.45, 7) is 0. The van der Waals surface area contributed by atoms with Crippen LogP contribution < -0.4 is 0 Å². The summed E-state index contributed by atoms with van der Waals surface area (Å²) >= 11 is 5.76. The van der Waals surface area contributed by atoms with Crippen molar-refractivity contribution in [3.63, 3.8) is 0 Å². The van der Waals surface area contributed by atoms with Crippen LogP contribution in [0.25, 0.3) is 118 Å². The fraction of sp³-hybridized carbons (Fsp3) is 0.0625. The Morgan fingerprint density at radius 3 is 1.57 bits per heavy atom. The Balaban J connectivity index is 0.894. The molecule has 0 bridgehead atoms. The van der Waals surface area contributed by atoms with Gasteiger partial charge in [0.1, 0.15) is 0 Å². The first-order valence-corrected chi connectivity index (χ1v) is 25.9. The minimum atomic E-state index is 0.269. The van der Waals surface area contributed by atoms with Gasteiger partial charge in [0, 0.05) is 51.2 Å². The zero-order valence-electron chi connectivity index (χ0n) is 36.5. The first kappa shape index (κ1) is 38.1. The summed E-state index contributed by atoms with van der Waals surface area (Å²) in [5, 5.41) is 13.3.